The summed E-state index contributed by atoms with van der Waals surface area (Å²) in [5.41, 5.74) is 4.87. The fourth-order valence-electron chi connectivity index (χ4n) is 7.27. The lowest BCUT2D eigenvalue weighted by Gasteiger charge is -2.46. The molecule has 0 bridgehead atoms. The van der Waals surface area contributed by atoms with Gasteiger partial charge in [-0.1, -0.05) is 91.0 Å². The third kappa shape index (κ3) is 4.30. The number of rotatable bonds is 6. The molecule has 2 heterocycles. The Morgan fingerprint density at radius 1 is 0.766 bits per heavy atom. The van der Waals surface area contributed by atoms with Crippen molar-refractivity contribution in [2.24, 2.45) is 0 Å². The Morgan fingerprint density at radius 2 is 1.32 bits per heavy atom. The van der Waals surface area contributed by atoms with Crippen molar-refractivity contribution in [3.63, 3.8) is 0 Å². The number of nitro groups is 2. The second-order valence-electron chi connectivity index (χ2n) is 12.2. The lowest BCUT2D eigenvalue weighted by Crippen LogP contribution is -2.58. The summed E-state index contributed by atoms with van der Waals surface area (Å²) in [5.74, 6) is 0.114. The largest absolute Gasteiger partial charge is 0.493 e. The Hall–Kier alpha value is -5.96. The number of nitrogens with zero attached hydrogens (tertiary/aromatic N) is 3. The molecule has 0 N–H and O–H groups in total. The van der Waals surface area contributed by atoms with Crippen molar-refractivity contribution < 1.29 is 19.3 Å². The van der Waals surface area contributed by atoms with E-state index in [-0.39, 0.29) is 17.1 Å². The summed E-state index contributed by atoms with van der Waals surface area (Å²) in [7, 11) is 3.33. The van der Waals surface area contributed by atoms with Gasteiger partial charge in [-0.2, -0.15) is 0 Å². The molecule has 0 fully saturated rings. The van der Waals surface area contributed by atoms with Gasteiger partial charge < -0.3 is 14.4 Å². The molecule has 0 amide bonds. The maximum Gasteiger partial charge on any atom is 0.357 e. The number of fused-ring (bicyclic) bond motifs is 2. The van der Waals surface area contributed by atoms with Crippen LogP contribution in [0, 0.1) is 20.2 Å². The Balaban J connectivity index is 1.57. The summed E-state index contributed by atoms with van der Waals surface area (Å²) in [6.07, 6.45) is 3.36. The third-order valence-corrected chi connectivity index (χ3v) is 9.45. The third-order valence-electron chi connectivity index (χ3n) is 9.45. The minimum absolute atomic E-state index is 0.0108. The van der Waals surface area contributed by atoms with E-state index in [2.05, 4.69) is 61.2 Å². The normalized spacial score (nSPS) is 17.1. The maximum atomic E-state index is 12.2. The van der Waals surface area contributed by atoms with Crippen molar-refractivity contribution in [2.75, 3.05) is 19.1 Å². The Bertz CT molecular complexity index is 2100. The van der Waals surface area contributed by atoms with E-state index in [1.807, 2.05) is 61.6 Å². The minimum Gasteiger partial charge on any atom is -0.493 e. The summed E-state index contributed by atoms with van der Waals surface area (Å²) in [6.45, 7) is 4.20. The van der Waals surface area contributed by atoms with Gasteiger partial charge in [0.1, 0.15) is 5.56 Å². The van der Waals surface area contributed by atoms with Crippen LogP contribution < -0.4 is 14.4 Å². The second kappa shape index (κ2) is 10.8. The van der Waals surface area contributed by atoms with E-state index in [9.17, 15) is 20.2 Å². The Morgan fingerprint density at radius 3 is 1.85 bits per heavy atom. The van der Waals surface area contributed by atoms with E-state index in [1.165, 1.54) is 7.11 Å². The highest BCUT2D eigenvalue weighted by molar-refractivity contribution is 6.01. The molecule has 47 heavy (non-hydrogen) atoms. The topological polar surface area (TPSA) is 108 Å². The minimum atomic E-state index is -1.21. The van der Waals surface area contributed by atoms with Gasteiger partial charge in [0.15, 0.2) is 11.5 Å². The number of likely N-dealkylation sites (N-methyl/N-ethyl adjacent to an activating group) is 1. The molecule has 1 spiro atoms. The van der Waals surface area contributed by atoms with Gasteiger partial charge in [-0.25, -0.2) is 0 Å². The van der Waals surface area contributed by atoms with Crippen LogP contribution in [-0.2, 0) is 5.41 Å². The number of ether oxygens (including phenoxy) is 2. The van der Waals surface area contributed by atoms with Crippen molar-refractivity contribution in [1.82, 2.24) is 0 Å². The number of benzene rings is 5. The SMILES string of the molecule is COc1cc([N+](=O)[O-])c([N+](=O)[O-])c2c1OC1(C=C2)N(C)c2c(-c3ccccc3)c(-c3ccccc3)cc(-c3ccccc3)c2C1(C)C. The lowest BCUT2D eigenvalue weighted by atomic mass is 9.72. The van der Waals surface area contributed by atoms with E-state index in [1.54, 1.807) is 12.2 Å². The van der Waals surface area contributed by atoms with Gasteiger partial charge in [0.25, 0.3) is 0 Å². The van der Waals surface area contributed by atoms with Crippen molar-refractivity contribution in [3.8, 4) is 44.9 Å². The highest BCUT2D eigenvalue weighted by atomic mass is 16.6. The molecule has 0 aromatic heterocycles. The van der Waals surface area contributed by atoms with Crippen LogP contribution in [0.4, 0.5) is 17.1 Å². The summed E-state index contributed by atoms with van der Waals surface area (Å²) < 4.78 is 12.5. The predicted molar refractivity (Wildman–Crippen MR) is 183 cm³/mol. The highest BCUT2D eigenvalue weighted by Gasteiger charge is 2.60. The van der Waals surface area contributed by atoms with Gasteiger partial charge in [-0.05, 0) is 65.4 Å². The van der Waals surface area contributed by atoms with Crippen LogP contribution in [0.5, 0.6) is 11.5 Å². The van der Waals surface area contributed by atoms with E-state index < -0.39 is 32.4 Å². The molecule has 5 aromatic rings. The van der Waals surface area contributed by atoms with Crippen LogP contribution in [0.25, 0.3) is 39.5 Å². The zero-order chi connectivity index (χ0) is 33.1. The first-order chi connectivity index (χ1) is 22.6. The molecule has 234 valence electrons. The standard InChI is InChI=1S/C38H31N3O6/c1-37(2)33-29(25-16-10-6-11-17-25)22-28(24-14-8-5-9-15-24)32(26-18-12-7-13-19-26)35(33)39(3)38(37)21-20-27-34(41(44)45)30(40(42)43)23-31(46-4)36(27)47-38/h5-23H,1-4H3. The summed E-state index contributed by atoms with van der Waals surface area (Å²) in [5, 5.41) is 24.1. The number of hydrogen-bond donors (Lipinski definition) is 0. The number of hydrogen-bond acceptors (Lipinski definition) is 7. The number of nitro benzene ring substituents is 2. The highest BCUT2D eigenvalue weighted by Crippen LogP contribution is 2.62. The molecule has 5 aromatic carbocycles. The molecular formula is C38H31N3O6. The van der Waals surface area contributed by atoms with Crippen LogP contribution in [0.2, 0.25) is 0 Å². The maximum absolute atomic E-state index is 12.2. The van der Waals surface area contributed by atoms with E-state index >= 15 is 0 Å². The van der Waals surface area contributed by atoms with Gasteiger partial charge in [-0.15, -0.1) is 0 Å². The predicted octanol–water partition coefficient (Wildman–Crippen LogP) is 9.04. The Kier molecular flexibility index (Phi) is 6.86. The fraction of sp³-hybridized carbons (Fsp3) is 0.158. The first kappa shape index (κ1) is 29.7. The number of anilines is 1. The average molecular weight is 626 g/mol. The molecule has 1 atom stereocenters. The smallest absolute Gasteiger partial charge is 0.357 e. The van der Waals surface area contributed by atoms with Crippen molar-refractivity contribution in [3.05, 3.63) is 141 Å². The second-order valence-corrected chi connectivity index (χ2v) is 12.2. The zero-order valence-corrected chi connectivity index (χ0v) is 26.3. The molecule has 0 radical (unpaired) electrons. The van der Waals surface area contributed by atoms with Crippen LogP contribution in [0.3, 0.4) is 0 Å². The van der Waals surface area contributed by atoms with Crippen LogP contribution in [0.1, 0.15) is 25.0 Å². The zero-order valence-electron chi connectivity index (χ0n) is 26.3. The lowest BCUT2D eigenvalue weighted by molar-refractivity contribution is -0.422. The van der Waals surface area contributed by atoms with Gasteiger partial charge in [-0.3, -0.25) is 20.2 Å². The monoisotopic (exact) mass is 625 g/mol. The summed E-state index contributed by atoms with van der Waals surface area (Å²) >= 11 is 0. The molecule has 0 aliphatic carbocycles. The fourth-order valence-corrected chi connectivity index (χ4v) is 7.27. The molecular weight excluding hydrogens is 594 g/mol. The summed E-state index contributed by atoms with van der Waals surface area (Å²) in [4.78, 5) is 24.7. The first-order valence-electron chi connectivity index (χ1n) is 15.1. The average Bonchev–Trinajstić information content (AvgIpc) is 3.25. The summed E-state index contributed by atoms with van der Waals surface area (Å²) in [6, 6.07) is 34.0. The molecule has 2 aliphatic rings. The van der Waals surface area contributed by atoms with Gasteiger partial charge >= 0.3 is 11.4 Å². The quantitative estimate of drug-likeness (QED) is 0.137. The Labute approximate surface area is 271 Å². The van der Waals surface area contributed by atoms with Crippen LogP contribution in [-0.4, -0.2) is 29.7 Å². The molecule has 1 unspecified atom stereocenters. The van der Waals surface area contributed by atoms with Crippen LogP contribution in [0.15, 0.2) is 109 Å². The molecule has 0 saturated heterocycles. The van der Waals surface area contributed by atoms with Crippen LogP contribution >= 0.6 is 0 Å². The van der Waals surface area contributed by atoms with Gasteiger partial charge in [0, 0.05) is 12.6 Å². The van der Waals surface area contributed by atoms with Gasteiger partial charge in [0.2, 0.25) is 5.72 Å². The van der Waals surface area contributed by atoms with Gasteiger partial charge in [0.05, 0.1) is 34.1 Å². The first-order valence-corrected chi connectivity index (χ1v) is 15.1. The molecule has 9 heteroatoms. The van der Waals surface area contributed by atoms with E-state index in [0.29, 0.717) is 0 Å². The van der Waals surface area contributed by atoms with E-state index in [0.717, 1.165) is 50.7 Å². The molecule has 9 nitrogen and oxygen atoms in total. The van der Waals surface area contributed by atoms with E-state index in [4.69, 9.17) is 9.47 Å². The van der Waals surface area contributed by atoms with Crippen molar-refractivity contribution >= 4 is 23.1 Å². The number of methoxy groups -OCH3 is 1. The molecule has 2 aliphatic heterocycles. The molecule has 7 rings (SSSR count). The molecule has 0 saturated carbocycles. The van der Waals surface area contributed by atoms with Crippen molar-refractivity contribution in [1.29, 1.82) is 0 Å². The van der Waals surface area contributed by atoms with Crippen molar-refractivity contribution in [2.45, 2.75) is 25.0 Å².